The molecule has 1 heterocycles. The zero-order chi connectivity index (χ0) is 13.4. The summed E-state index contributed by atoms with van der Waals surface area (Å²) in [5, 5.41) is 3.41. The topological polar surface area (TPSA) is 62.6 Å². The SMILES string of the molecule is CN(C)S(=O)(=O)c1ccc(CNC2(C)CCC2)o1. The molecule has 0 radical (unpaired) electrons. The fraction of sp³-hybridized carbons (Fsp3) is 0.667. The lowest BCUT2D eigenvalue weighted by atomic mass is 9.78. The Morgan fingerprint density at radius 3 is 2.56 bits per heavy atom. The van der Waals surface area contributed by atoms with E-state index in [1.54, 1.807) is 6.07 Å². The Morgan fingerprint density at radius 2 is 2.06 bits per heavy atom. The van der Waals surface area contributed by atoms with Gasteiger partial charge in [-0.25, -0.2) is 12.7 Å². The predicted molar refractivity (Wildman–Crippen MR) is 68.7 cm³/mol. The normalized spacial score (nSPS) is 18.9. The maximum Gasteiger partial charge on any atom is 0.275 e. The van der Waals surface area contributed by atoms with Crippen LogP contribution in [0, 0.1) is 0 Å². The molecule has 0 atom stereocenters. The van der Waals surface area contributed by atoms with Gasteiger partial charge in [-0.15, -0.1) is 0 Å². The highest BCUT2D eigenvalue weighted by Gasteiger charge is 2.31. The molecule has 0 saturated heterocycles. The second-order valence-corrected chi connectivity index (χ2v) is 7.36. The third-order valence-corrected chi connectivity index (χ3v) is 5.21. The molecule has 6 heteroatoms. The van der Waals surface area contributed by atoms with Crippen LogP contribution in [0.15, 0.2) is 21.6 Å². The largest absolute Gasteiger partial charge is 0.447 e. The molecular weight excluding hydrogens is 252 g/mol. The average Bonchev–Trinajstić information content (AvgIpc) is 2.72. The molecule has 0 amide bonds. The van der Waals surface area contributed by atoms with Crippen molar-refractivity contribution < 1.29 is 12.8 Å². The van der Waals surface area contributed by atoms with Crippen molar-refractivity contribution in [1.29, 1.82) is 0 Å². The van der Waals surface area contributed by atoms with Gasteiger partial charge >= 0.3 is 0 Å². The summed E-state index contributed by atoms with van der Waals surface area (Å²) < 4.78 is 30.2. The van der Waals surface area contributed by atoms with E-state index in [4.69, 9.17) is 4.42 Å². The van der Waals surface area contributed by atoms with E-state index in [0.29, 0.717) is 12.3 Å². The van der Waals surface area contributed by atoms with Crippen LogP contribution in [0.4, 0.5) is 0 Å². The van der Waals surface area contributed by atoms with Crippen molar-refractivity contribution in [3.8, 4) is 0 Å². The number of sulfonamides is 1. The molecule has 0 bridgehead atoms. The molecule has 0 aliphatic heterocycles. The summed E-state index contributed by atoms with van der Waals surface area (Å²) >= 11 is 0. The molecular formula is C12H20N2O3S. The van der Waals surface area contributed by atoms with E-state index in [1.807, 2.05) is 0 Å². The van der Waals surface area contributed by atoms with Crippen LogP contribution in [0.1, 0.15) is 31.9 Å². The number of hydrogen-bond acceptors (Lipinski definition) is 4. The lowest BCUT2D eigenvalue weighted by Crippen LogP contribution is -2.47. The van der Waals surface area contributed by atoms with Crippen molar-refractivity contribution in [1.82, 2.24) is 9.62 Å². The van der Waals surface area contributed by atoms with Crippen molar-refractivity contribution in [3.63, 3.8) is 0 Å². The third-order valence-electron chi connectivity index (χ3n) is 3.52. The quantitative estimate of drug-likeness (QED) is 0.883. The Kier molecular flexibility index (Phi) is 3.53. The minimum atomic E-state index is -3.46. The molecule has 0 spiro atoms. The van der Waals surface area contributed by atoms with Gasteiger partial charge in [-0.1, -0.05) is 0 Å². The summed E-state index contributed by atoms with van der Waals surface area (Å²) in [6.07, 6.45) is 3.58. The van der Waals surface area contributed by atoms with E-state index in [2.05, 4.69) is 12.2 Å². The van der Waals surface area contributed by atoms with Crippen molar-refractivity contribution in [2.24, 2.45) is 0 Å². The van der Waals surface area contributed by atoms with Crippen molar-refractivity contribution in [2.75, 3.05) is 14.1 Å². The van der Waals surface area contributed by atoms with Gasteiger partial charge in [0, 0.05) is 19.6 Å². The smallest absolute Gasteiger partial charge is 0.275 e. The molecule has 1 aromatic heterocycles. The van der Waals surface area contributed by atoms with E-state index < -0.39 is 10.0 Å². The molecule has 1 aromatic rings. The molecule has 1 fully saturated rings. The molecule has 1 aliphatic rings. The van der Waals surface area contributed by atoms with E-state index in [-0.39, 0.29) is 10.6 Å². The minimum Gasteiger partial charge on any atom is -0.447 e. The van der Waals surface area contributed by atoms with Crippen LogP contribution in [-0.2, 0) is 16.6 Å². The third kappa shape index (κ3) is 2.60. The summed E-state index contributed by atoms with van der Waals surface area (Å²) in [6, 6.07) is 3.22. The van der Waals surface area contributed by atoms with Crippen molar-refractivity contribution in [2.45, 2.75) is 43.4 Å². The Hall–Kier alpha value is -0.850. The zero-order valence-electron chi connectivity index (χ0n) is 11.1. The molecule has 5 nitrogen and oxygen atoms in total. The molecule has 102 valence electrons. The summed E-state index contributed by atoms with van der Waals surface area (Å²) in [7, 11) is -0.480. The molecule has 1 saturated carbocycles. The first-order valence-electron chi connectivity index (χ1n) is 6.10. The van der Waals surface area contributed by atoms with E-state index in [1.165, 1.54) is 26.6 Å². The number of furan rings is 1. The van der Waals surface area contributed by atoms with Crippen LogP contribution in [0.3, 0.4) is 0 Å². The van der Waals surface area contributed by atoms with Crippen LogP contribution in [0.2, 0.25) is 0 Å². The van der Waals surface area contributed by atoms with Crippen LogP contribution in [-0.4, -0.2) is 32.4 Å². The molecule has 1 aliphatic carbocycles. The first-order valence-corrected chi connectivity index (χ1v) is 7.54. The summed E-state index contributed by atoms with van der Waals surface area (Å²) in [5.74, 6) is 0.656. The van der Waals surface area contributed by atoms with Gasteiger partial charge in [0.25, 0.3) is 10.0 Å². The van der Waals surface area contributed by atoms with Gasteiger partial charge in [0.15, 0.2) is 0 Å². The zero-order valence-corrected chi connectivity index (χ0v) is 11.9. The van der Waals surface area contributed by atoms with Crippen LogP contribution in [0.25, 0.3) is 0 Å². The lowest BCUT2D eigenvalue weighted by molar-refractivity contribution is 0.199. The maximum atomic E-state index is 11.8. The van der Waals surface area contributed by atoms with E-state index in [0.717, 1.165) is 17.1 Å². The maximum absolute atomic E-state index is 11.8. The van der Waals surface area contributed by atoms with Gasteiger partial charge < -0.3 is 9.73 Å². The first kappa shape index (κ1) is 13.6. The van der Waals surface area contributed by atoms with Gasteiger partial charge in [0.05, 0.1) is 6.54 Å². The van der Waals surface area contributed by atoms with Crippen LogP contribution >= 0.6 is 0 Å². The second-order valence-electron chi connectivity index (χ2n) is 5.28. The van der Waals surface area contributed by atoms with Gasteiger partial charge in [-0.05, 0) is 38.3 Å². The highest BCUT2D eigenvalue weighted by Crippen LogP contribution is 2.31. The molecule has 1 N–H and O–H groups in total. The Bertz CT molecular complexity index is 515. The molecule has 0 aromatic carbocycles. The van der Waals surface area contributed by atoms with Crippen molar-refractivity contribution in [3.05, 3.63) is 17.9 Å². The minimum absolute atomic E-state index is 0.00284. The van der Waals surface area contributed by atoms with E-state index >= 15 is 0 Å². The number of rotatable bonds is 5. The summed E-state index contributed by atoms with van der Waals surface area (Å²) in [5.41, 5.74) is 0.188. The summed E-state index contributed by atoms with van der Waals surface area (Å²) in [4.78, 5) is 0. The predicted octanol–water partition coefficient (Wildman–Crippen LogP) is 1.56. The van der Waals surface area contributed by atoms with Gasteiger partial charge in [0.1, 0.15) is 5.76 Å². The molecule has 18 heavy (non-hydrogen) atoms. The highest BCUT2D eigenvalue weighted by molar-refractivity contribution is 7.88. The fourth-order valence-electron chi connectivity index (χ4n) is 1.96. The number of nitrogens with one attached hydrogen (secondary N) is 1. The average molecular weight is 272 g/mol. The van der Waals surface area contributed by atoms with Crippen LogP contribution < -0.4 is 5.32 Å². The number of nitrogens with zero attached hydrogens (tertiary/aromatic N) is 1. The van der Waals surface area contributed by atoms with Crippen LogP contribution in [0.5, 0.6) is 0 Å². The molecule has 0 unspecified atom stereocenters. The standard InChI is InChI=1S/C12H20N2O3S/c1-12(7-4-8-12)13-9-10-5-6-11(17-10)18(15,16)14(2)3/h5-6,13H,4,7-9H2,1-3H3. The second kappa shape index (κ2) is 4.68. The molecule has 2 rings (SSSR count). The monoisotopic (exact) mass is 272 g/mol. The van der Waals surface area contributed by atoms with Gasteiger partial charge in [-0.3, -0.25) is 0 Å². The highest BCUT2D eigenvalue weighted by atomic mass is 32.2. The Morgan fingerprint density at radius 1 is 1.39 bits per heavy atom. The fourth-order valence-corrected chi connectivity index (χ4v) is 2.77. The van der Waals surface area contributed by atoms with Gasteiger partial charge in [0.2, 0.25) is 5.09 Å². The summed E-state index contributed by atoms with van der Waals surface area (Å²) in [6.45, 7) is 2.75. The Labute approximate surface area is 108 Å². The Balaban J connectivity index is 2.02. The first-order chi connectivity index (χ1) is 8.33. The lowest BCUT2D eigenvalue weighted by Gasteiger charge is -2.39. The van der Waals surface area contributed by atoms with Gasteiger partial charge in [-0.2, -0.15) is 0 Å². The van der Waals surface area contributed by atoms with E-state index in [9.17, 15) is 8.42 Å². The number of hydrogen-bond donors (Lipinski definition) is 1. The van der Waals surface area contributed by atoms with Crippen molar-refractivity contribution >= 4 is 10.0 Å².